The van der Waals surface area contributed by atoms with Crippen LogP contribution in [-0.2, 0) is 27.2 Å². The van der Waals surface area contributed by atoms with Gasteiger partial charge in [-0.05, 0) is 42.3 Å². The minimum absolute atomic E-state index is 0.177. The number of methoxy groups -OCH3 is 1. The van der Waals surface area contributed by atoms with Gasteiger partial charge in [0.15, 0.2) is 0 Å². The number of anilines is 1. The fourth-order valence-electron chi connectivity index (χ4n) is 2.71. The van der Waals surface area contributed by atoms with Crippen LogP contribution in [0.25, 0.3) is 0 Å². The summed E-state index contributed by atoms with van der Waals surface area (Å²) in [5, 5.41) is 29.2. The van der Waals surface area contributed by atoms with E-state index in [2.05, 4.69) is 5.32 Å². The zero-order valence-corrected chi connectivity index (χ0v) is 15.7. The average molecular weight is 401 g/mol. The molecule has 2 aromatic rings. The SMILES string of the molecule is COc1ccc2c(c1)C(=O)C(=O)N2.Cc1cc(CC(=O)O)c(O)cc1CC(=O)O. The molecule has 0 aromatic heterocycles. The standard InChI is InChI=1S/C11H12O5.C9H7NO3/c1-6-2-8(5-11(15)16)9(12)3-7(6)4-10(13)14;1-13-5-2-3-7-6(4-5)8(11)9(12)10-7/h2-3,12H,4-5H2,1H3,(H,13,14)(H,15,16);2-4H,1H3,(H,10,11,12). The van der Waals surface area contributed by atoms with Crippen molar-refractivity contribution in [1.82, 2.24) is 0 Å². The lowest BCUT2D eigenvalue weighted by atomic mass is 10.00. The Morgan fingerprint density at radius 3 is 2.21 bits per heavy atom. The highest BCUT2D eigenvalue weighted by molar-refractivity contribution is 6.51. The molecule has 4 N–H and O–H groups in total. The molecule has 0 saturated carbocycles. The number of aryl methyl sites for hydroxylation is 1. The van der Waals surface area contributed by atoms with Crippen molar-refractivity contribution in [3.8, 4) is 11.5 Å². The lowest BCUT2D eigenvalue weighted by Crippen LogP contribution is -2.12. The van der Waals surface area contributed by atoms with Crippen molar-refractivity contribution in [2.45, 2.75) is 19.8 Å². The Kier molecular flexibility index (Phi) is 6.55. The Morgan fingerprint density at radius 1 is 1.00 bits per heavy atom. The number of nitrogens with one attached hydrogen (secondary N) is 1. The zero-order chi connectivity index (χ0) is 21.7. The van der Waals surface area contributed by atoms with Crippen molar-refractivity contribution in [1.29, 1.82) is 0 Å². The maximum Gasteiger partial charge on any atom is 0.307 e. The molecule has 9 nitrogen and oxygen atoms in total. The van der Waals surface area contributed by atoms with Crippen LogP contribution >= 0.6 is 0 Å². The van der Waals surface area contributed by atoms with Gasteiger partial charge in [-0.15, -0.1) is 0 Å². The second-order valence-corrected chi connectivity index (χ2v) is 6.24. The third-order valence-corrected chi connectivity index (χ3v) is 4.15. The molecule has 0 fully saturated rings. The third kappa shape index (κ3) is 5.32. The number of carbonyl (C=O) groups is 4. The van der Waals surface area contributed by atoms with Crippen LogP contribution in [0.3, 0.4) is 0 Å². The van der Waals surface area contributed by atoms with Crippen LogP contribution < -0.4 is 10.1 Å². The van der Waals surface area contributed by atoms with E-state index in [0.717, 1.165) is 0 Å². The summed E-state index contributed by atoms with van der Waals surface area (Å²) in [6.07, 6.45) is -0.466. The number of amides is 1. The molecule has 0 saturated heterocycles. The van der Waals surface area contributed by atoms with Gasteiger partial charge in [-0.25, -0.2) is 0 Å². The summed E-state index contributed by atoms with van der Waals surface area (Å²) in [5.74, 6) is -2.72. The molecule has 0 spiro atoms. The van der Waals surface area contributed by atoms with Gasteiger partial charge < -0.3 is 25.4 Å². The Hall–Kier alpha value is -3.88. The molecule has 0 atom stereocenters. The van der Waals surface area contributed by atoms with Crippen LogP contribution in [0.5, 0.6) is 11.5 Å². The highest BCUT2D eigenvalue weighted by atomic mass is 16.5. The first-order valence-electron chi connectivity index (χ1n) is 8.41. The number of carboxylic acids is 2. The average Bonchev–Trinajstić information content (AvgIpc) is 2.93. The van der Waals surface area contributed by atoms with Gasteiger partial charge in [0.25, 0.3) is 11.7 Å². The number of Topliss-reactive ketones (excluding diaryl/α,β-unsaturated/α-hetero) is 1. The Labute approximate surface area is 165 Å². The summed E-state index contributed by atoms with van der Waals surface area (Å²) in [6.45, 7) is 1.68. The zero-order valence-electron chi connectivity index (χ0n) is 15.7. The van der Waals surface area contributed by atoms with E-state index >= 15 is 0 Å². The van der Waals surface area contributed by atoms with Crippen LogP contribution in [0, 0.1) is 6.92 Å². The predicted octanol–water partition coefficient (Wildman–Crippen LogP) is 1.78. The molecule has 1 aliphatic heterocycles. The Morgan fingerprint density at radius 2 is 1.62 bits per heavy atom. The van der Waals surface area contributed by atoms with E-state index in [4.69, 9.17) is 14.9 Å². The van der Waals surface area contributed by atoms with Crippen molar-refractivity contribution in [3.63, 3.8) is 0 Å². The molecule has 0 bridgehead atoms. The normalized spacial score (nSPS) is 11.8. The quantitative estimate of drug-likeness (QED) is 0.554. The van der Waals surface area contributed by atoms with Crippen LogP contribution in [0.1, 0.15) is 27.0 Å². The second kappa shape index (κ2) is 8.87. The van der Waals surface area contributed by atoms with E-state index in [1.54, 1.807) is 25.1 Å². The summed E-state index contributed by atoms with van der Waals surface area (Å²) in [6, 6.07) is 7.70. The summed E-state index contributed by atoms with van der Waals surface area (Å²) in [4.78, 5) is 43.1. The number of ketones is 1. The number of rotatable bonds is 5. The number of phenols is 1. The first-order chi connectivity index (χ1) is 13.6. The first-order valence-corrected chi connectivity index (χ1v) is 8.41. The number of benzene rings is 2. The topological polar surface area (TPSA) is 150 Å². The van der Waals surface area contributed by atoms with E-state index in [9.17, 15) is 24.3 Å². The van der Waals surface area contributed by atoms with Gasteiger partial charge in [0, 0.05) is 5.56 Å². The molecule has 29 heavy (non-hydrogen) atoms. The lowest BCUT2D eigenvalue weighted by molar-refractivity contribution is -0.137. The molecular formula is C20H19NO8. The number of hydrogen-bond donors (Lipinski definition) is 4. The molecule has 1 amide bonds. The van der Waals surface area contributed by atoms with Crippen molar-refractivity contribution in [3.05, 3.63) is 52.6 Å². The predicted molar refractivity (Wildman–Crippen MR) is 101 cm³/mol. The van der Waals surface area contributed by atoms with Gasteiger partial charge in [-0.1, -0.05) is 6.07 Å². The minimum Gasteiger partial charge on any atom is -0.508 e. The molecule has 9 heteroatoms. The minimum atomic E-state index is -1.04. The van der Waals surface area contributed by atoms with Crippen molar-refractivity contribution < 1.29 is 39.2 Å². The van der Waals surface area contributed by atoms with Gasteiger partial charge in [-0.3, -0.25) is 19.2 Å². The molecule has 1 heterocycles. The molecule has 152 valence electrons. The molecule has 2 aromatic carbocycles. The third-order valence-electron chi connectivity index (χ3n) is 4.15. The molecular weight excluding hydrogens is 382 g/mol. The first kappa shape index (κ1) is 21.4. The van der Waals surface area contributed by atoms with E-state index in [-0.39, 0.29) is 18.6 Å². The molecule has 0 unspecified atom stereocenters. The van der Waals surface area contributed by atoms with Gasteiger partial charge in [0.2, 0.25) is 0 Å². The monoisotopic (exact) mass is 401 g/mol. The summed E-state index contributed by atoms with van der Waals surface area (Å²) >= 11 is 0. The van der Waals surface area contributed by atoms with Crippen molar-refractivity contribution >= 4 is 29.3 Å². The van der Waals surface area contributed by atoms with E-state index < -0.39 is 23.6 Å². The summed E-state index contributed by atoms with van der Waals surface area (Å²) in [5.41, 5.74) is 2.37. The molecule has 0 aliphatic carbocycles. The van der Waals surface area contributed by atoms with Crippen LogP contribution in [0.4, 0.5) is 5.69 Å². The number of fused-ring (bicyclic) bond motifs is 1. The number of carbonyl (C=O) groups excluding carboxylic acids is 2. The smallest absolute Gasteiger partial charge is 0.307 e. The number of aromatic hydroxyl groups is 1. The number of phenolic OH excluding ortho intramolecular Hbond substituents is 1. The van der Waals surface area contributed by atoms with E-state index in [1.165, 1.54) is 19.2 Å². The maximum atomic E-state index is 11.2. The van der Waals surface area contributed by atoms with Gasteiger partial charge in [0.1, 0.15) is 11.5 Å². The van der Waals surface area contributed by atoms with Gasteiger partial charge >= 0.3 is 11.9 Å². The molecule has 3 rings (SSSR count). The number of carboxylic acid groups (broad SMARTS) is 2. The largest absolute Gasteiger partial charge is 0.508 e. The Balaban J connectivity index is 0.000000211. The molecule has 1 aliphatic rings. The van der Waals surface area contributed by atoms with Gasteiger partial charge in [0.05, 0.1) is 31.2 Å². The lowest BCUT2D eigenvalue weighted by Gasteiger charge is -2.08. The number of ether oxygens (including phenoxy) is 1. The highest BCUT2D eigenvalue weighted by Crippen LogP contribution is 2.27. The van der Waals surface area contributed by atoms with Crippen molar-refractivity contribution in [2.75, 3.05) is 12.4 Å². The fraction of sp³-hybridized carbons (Fsp3) is 0.200. The van der Waals surface area contributed by atoms with Crippen molar-refractivity contribution in [2.24, 2.45) is 0 Å². The maximum absolute atomic E-state index is 11.2. The molecule has 0 radical (unpaired) electrons. The van der Waals surface area contributed by atoms with Crippen LogP contribution in [0.2, 0.25) is 0 Å². The fourth-order valence-corrected chi connectivity index (χ4v) is 2.71. The summed E-state index contributed by atoms with van der Waals surface area (Å²) in [7, 11) is 1.51. The van der Waals surface area contributed by atoms with E-state index in [1.807, 2.05) is 0 Å². The van der Waals surface area contributed by atoms with Gasteiger partial charge in [-0.2, -0.15) is 0 Å². The Bertz CT molecular complexity index is 954. The highest BCUT2D eigenvalue weighted by Gasteiger charge is 2.27. The summed E-state index contributed by atoms with van der Waals surface area (Å²) < 4.78 is 4.93. The number of hydrogen-bond acceptors (Lipinski definition) is 6. The second-order valence-electron chi connectivity index (χ2n) is 6.24. The van der Waals surface area contributed by atoms with Crippen LogP contribution in [0.15, 0.2) is 30.3 Å². The van der Waals surface area contributed by atoms with Crippen LogP contribution in [-0.4, -0.2) is 46.1 Å². The van der Waals surface area contributed by atoms with E-state index in [0.29, 0.717) is 33.7 Å². The number of aliphatic carboxylic acids is 2.